The third kappa shape index (κ3) is 3.97. The molecule has 0 atom stereocenters. The van der Waals surface area contributed by atoms with Gasteiger partial charge in [0.15, 0.2) is 0 Å². The third-order valence-electron chi connectivity index (χ3n) is 4.57. The van der Waals surface area contributed by atoms with Crippen molar-refractivity contribution in [2.45, 2.75) is 23.8 Å². The van der Waals surface area contributed by atoms with Gasteiger partial charge in [-0.25, -0.2) is 18.4 Å². The van der Waals surface area contributed by atoms with Gasteiger partial charge in [-0.05, 0) is 49.2 Å². The van der Waals surface area contributed by atoms with E-state index in [1.807, 2.05) is 24.3 Å². The van der Waals surface area contributed by atoms with Crippen LogP contribution in [0.15, 0.2) is 64.1 Å². The Balaban J connectivity index is 1.41. The highest BCUT2D eigenvalue weighted by Crippen LogP contribution is 2.24. The number of halogens is 1. The first-order valence-electron chi connectivity index (χ1n) is 8.66. The first-order valence-corrected chi connectivity index (χ1v) is 10.9. The average molecular weight is 448 g/mol. The molecule has 140 valence electrons. The molecule has 4 rings (SSSR count). The molecule has 0 aliphatic carbocycles. The van der Waals surface area contributed by atoms with Crippen LogP contribution in [0.4, 0.5) is 0 Å². The lowest BCUT2D eigenvalue weighted by Crippen LogP contribution is -2.41. The number of aromatic nitrogens is 2. The number of benzene rings is 2. The zero-order valence-corrected chi connectivity index (χ0v) is 16.9. The Kier molecular flexibility index (Phi) is 5.12. The van der Waals surface area contributed by atoms with Crippen LogP contribution in [0.3, 0.4) is 0 Å². The topological polar surface area (TPSA) is 72.4 Å². The van der Waals surface area contributed by atoms with Crippen LogP contribution >= 0.6 is 15.9 Å². The summed E-state index contributed by atoms with van der Waals surface area (Å²) in [5.74, 6) is 0.475. The fraction of sp³-hybridized carbons (Fsp3) is 0.263. The molecule has 3 aromatic rings. The Morgan fingerprint density at radius 3 is 2.37 bits per heavy atom. The predicted molar refractivity (Wildman–Crippen MR) is 106 cm³/mol. The number of hydrogen-bond acceptors (Lipinski definition) is 5. The van der Waals surface area contributed by atoms with Crippen LogP contribution in [-0.4, -0.2) is 41.9 Å². The van der Waals surface area contributed by atoms with Gasteiger partial charge in [0.05, 0.1) is 22.1 Å². The van der Waals surface area contributed by atoms with E-state index in [2.05, 4.69) is 25.9 Å². The summed E-state index contributed by atoms with van der Waals surface area (Å²) in [6.07, 6.45) is 2.78. The van der Waals surface area contributed by atoms with Crippen molar-refractivity contribution in [2.24, 2.45) is 0 Å². The van der Waals surface area contributed by atoms with Gasteiger partial charge in [0.25, 0.3) is 0 Å². The standard InChI is InChI=1S/C19H18BrN3O3S/c20-14-5-7-16(8-6-14)27(24,25)23-11-9-15(10-12-23)26-19-13-21-17-3-1-2-4-18(17)22-19/h1-8,13,15H,9-12H2. The second-order valence-electron chi connectivity index (χ2n) is 6.37. The number of sulfonamides is 1. The molecule has 1 aromatic heterocycles. The van der Waals surface area contributed by atoms with Crippen molar-refractivity contribution in [3.05, 3.63) is 59.2 Å². The molecular formula is C19H18BrN3O3S. The lowest BCUT2D eigenvalue weighted by Gasteiger charge is -2.31. The van der Waals surface area contributed by atoms with Crippen LogP contribution in [0.25, 0.3) is 11.0 Å². The van der Waals surface area contributed by atoms with Gasteiger partial charge in [-0.15, -0.1) is 0 Å². The molecule has 0 bridgehead atoms. The summed E-state index contributed by atoms with van der Waals surface area (Å²) in [7, 11) is -3.47. The molecule has 1 fully saturated rings. The summed E-state index contributed by atoms with van der Waals surface area (Å²) in [5, 5.41) is 0. The Morgan fingerprint density at radius 2 is 1.67 bits per heavy atom. The van der Waals surface area contributed by atoms with Crippen molar-refractivity contribution in [2.75, 3.05) is 13.1 Å². The number of hydrogen-bond donors (Lipinski definition) is 0. The molecule has 0 radical (unpaired) electrons. The number of ether oxygens (including phenoxy) is 1. The normalized spacial score (nSPS) is 16.5. The number of fused-ring (bicyclic) bond motifs is 1. The monoisotopic (exact) mass is 447 g/mol. The molecule has 27 heavy (non-hydrogen) atoms. The molecule has 1 aliphatic rings. The van der Waals surface area contributed by atoms with Crippen molar-refractivity contribution in [3.63, 3.8) is 0 Å². The van der Waals surface area contributed by atoms with Gasteiger partial charge in [0.1, 0.15) is 6.10 Å². The highest BCUT2D eigenvalue weighted by molar-refractivity contribution is 9.10. The minimum absolute atomic E-state index is 0.0724. The molecule has 1 saturated heterocycles. The van der Waals surface area contributed by atoms with Gasteiger partial charge in [-0.1, -0.05) is 28.1 Å². The smallest absolute Gasteiger partial charge is 0.243 e. The number of piperidine rings is 1. The van der Waals surface area contributed by atoms with Crippen LogP contribution < -0.4 is 4.74 Å². The molecule has 0 spiro atoms. The van der Waals surface area contributed by atoms with E-state index in [9.17, 15) is 8.42 Å². The van der Waals surface area contributed by atoms with Crippen LogP contribution in [0.2, 0.25) is 0 Å². The SMILES string of the molecule is O=S(=O)(c1ccc(Br)cc1)N1CCC(Oc2cnc3ccccc3n2)CC1. The maximum Gasteiger partial charge on any atom is 0.243 e. The van der Waals surface area contributed by atoms with Crippen molar-refractivity contribution in [3.8, 4) is 5.88 Å². The van der Waals surface area contributed by atoms with Gasteiger partial charge in [0.2, 0.25) is 15.9 Å². The van der Waals surface area contributed by atoms with E-state index >= 15 is 0 Å². The average Bonchev–Trinajstić information content (AvgIpc) is 2.69. The maximum atomic E-state index is 12.8. The molecule has 6 nitrogen and oxygen atoms in total. The van der Waals surface area contributed by atoms with Gasteiger partial charge < -0.3 is 4.74 Å². The van der Waals surface area contributed by atoms with E-state index in [0.29, 0.717) is 36.7 Å². The molecule has 0 saturated carbocycles. The maximum absolute atomic E-state index is 12.8. The van der Waals surface area contributed by atoms with E-state index in [0.717, 1.165) is 15.5 Å². The van der Waals surface area contributed by atoms with Crippen LogP contribution in [-0.2, 0) is 10.0 Å². The number of para-hydroxylation sites is 2. The highest BCUT2D eigenvalue weighted by atomic mass is 79.9. The summed E-state index contributed by atoms with van der Waals surface area (Å²) in [5.41, 5.74) is 1.60. The molecule has 2 aromatic carbocycles. The fourth-order valence-corrected chi connectivity index (χ4v) is 4.85. The molecular weight excluding hydrogens is 430 g/mol. The minimum Gasteiger partial charge on any atom is -0.473 e. The van der Waals surface area contributed by atoms with E-state index in [-0.39, 0.29) is 6.10 Å². The summed E-state index contributed by atoms with van der Waals surface area (Å²) in [6, 6.07) is 14.3. The van der Waals surface area contributed by atoms with Crippen molar-refractivity contribution in [1.82, 2.24) is 14.3 Å². The predicted octanol–water partition coefficient (Wildman–Crippen LogP) is 3.62. The third-order valence-corrected chi connectivity index (χ3v) is 7.01. The summed E-state index contributed by atoms with van der Waals surface area (Å²) < 4.78 is 33.8. The second kappa shape index (κ2) is 7.53. The zero-order valence-electron chi connectivity index (χ0n) is 14.5. The van der Waals surface area contributed by atoms with Gasteiger partial charge in [-0.2, -0.15) is 4.31 Å². The highest BCUT2D eigenvalue weighted by Gasteiger charge is 2.30. The summed E-state index contributed by atoms with van der Waals surface area (Å²) >= 11 is 3.33. The van der Waals surface area contributed by atoms with Crippen LogP contribution in [0, 0.1) is 0 Å². The quantitative estimate of drug-likeness (QED) is 0.610. The van der Waals surface area contributed by atoms with E-state index < -0.39 is 10.0 Å². The van der Waals surface area contributed by atoms with Gasteiger partial charge >= 0.3 is 0 Å². The van der Waals surface area contributed by atoms with E-state index in [1.54, 1.807) is 30.5 Å². The number of rotatable bonds is 4. The first kappa shape index (κ1) is 18.3. The molecule has 0 unspecified atom stereocenters. The van der Waals surface area contributed by atoms with Gasteiger partial charge in [0, 0.05) is 17.6 Å². The van der Waals surface area contributed by atoms with Gasteiger partial charge in [-0.3, -0.25) is 0 Å². The Morgan fingerprint density at radius 1 is 1.00 bits per heavy atom. The largest absolute Gasteiger partial charge is 0.473 e. The van der Waals surface area contributed by atoms with Crippen LogP contribution in [0.1, 0.15) is 12.8 Å². The second-order valence-corrected chi connectivity index (χ2v) is 9.23. The Hall–Kier alpha value is -2.03. The lowest BCUT2D eigenvalue weighted by molar-refractivity contribution is 0.130. The van der Waals surface area contributed by atoms with E-state index in [1.165, 1.54) is 4.31 Å². The van der Waals surface area contributed by atoms with Crippen molar-refractivity contribution in [1.29, 1.82) is 0 Å². The summed E-state index contributed by atoms with van der Waals surface area (Å²) in [6.45, 7) is 0.841. The Labute approximate surface area is 166 Å². The molecule has 1 aliphatic heterocycles. The first-order chi connectivity index (χ1) is 13.0. The van der Waals surface area contributed by atoms with Crippen molar-refractivity contribution < 1.29 is 13.2 Å². The summed E-state index contributed by atoms with van der Waals surface area (Å²) in [4.78, 5) is 9.13. The van der Waals surface area contributed by atoms with E-state index in [4.69, 9.17) is 4.74 Å². The molecule has 8 heteroatoms. The lowest BCUT2D eigenvalue weighted by atomic mass is 10.1. The van der Waals surface area contributed by atoms with Crippen molar-refractivity contribution >= 4 is 37.0 Å². The molecule has 0 N–H and O–H groups in total. The fourth-order valence-electron chi connectivity index (χ4n) is 3.11. The zero-order chi connectivity index (χ0) is 18.9. The molecule has 2 heterocycles. The Bertz CT molecular complexity index is 1050. The van der Waals surface area contributed by atoms with Crippen LogP contribution in [0.5, 0.6) is 5.88 Å². The number of nitrogens with zero attached hydrogens (tertiary/aromatic N) is 3. The minimum atomic E-state index is -3.47. The molecule has 0 amide bonds.